The van der Waals surface area contributed by atoms with E-state index in [1.807, 2.05) is 11.8 Å². The molecule has 0 radical (unpaired) electrons. The van der Waals surface area contributed by atoms with Gasteiger partial charge in [0.1, 0.15) is 11.7 Å². The van der Waals surface area contributed by atoms with E-state index in [0.29, 0.717) is 5.91 Å². The Morgan fingerprint density at radius 3 is 2.67 bits per heavy atom. The number of thioether (sulfide) groups is 1. The molecule has 1 amide bonds. The third-order valence-electron chi connectivity index (χ3n) is 5.14. The van der Waals surface area contributed by atoms with Crippen molar-refractivity contribution in [1.82, 2.24) is 10.2 Å². The molecule has 1 N–H and O–H groups in total. The van der Waals surface area contributed by atoms with Crippen LogP contribution in [0.3, 0.4) is 0 Å². The molecule has 1 spiro atoms. The fraction of sp³-hybridized carbons (Fsp3) is 0.688. The van der Waals surface area contributed by atoms with E-state index in [1.165, 1.54) is 4.88 Å². The van der Waals surface area contributed by atoms with Gasteiger partial charge in [-0.3, -0.25) is 10.1 Å². The monoisotopic (exact) mass is 324 g/mol. The number of hydrogen-bond acceptors (Lipinski definition) is 4. The molecule has 1 saturated heterocycles. The van der Waals surface area contributed by atoms with Crippen molar-refractivity contribution in [2.45, 2.75) is 56.0 Å². The number of amides is 1. The molecule has 116 valence electrons. The van der Waals surface area contributed by atoms with Gasteiger partial charge in [-0.05, 0) is 43.4 Å². The molecule has 5 heteroatoms. The van der Waals surface area contributed by atoms with Crippen molar-refractivity contribution in [3.8, 4) is 0 Å². The molecule has 1 aromatic rings. The summed E-state index contributed by atoms with van der Waals surface area (Å²) in [6.45, 7) is 5.32. The van der Waals surface area contributed by atoms with Crippen LogP contribution in [0.5, 0.6) is 0 Å². The van der Waals surface area contributed by atoms with Gasteiger partial charge in [-0.2, -0.15) is 11.8 Å². The van der Waals surface area contributed by atoms with E-state index in [4.69, 9.17) is 0 Å². The van der Waals surface area contributed by atoms with Crippen LogP contribution in [0.2, 0.25) is 0 Å². The van der Waals surface area contributed by atoms with Crippen LogP contribution in [0.15, 0.2) is 17.5 Å². The van der Waals surface area contributed by atoms with Crippen LogP contribution in [-0.4, -0.2) is 33.9 Å². The maximum atomic E-state index is 12.9. The summed E-state index contributed by atoms with van der Waals surface area (Å²) in [6.07, 6.45) is 6.43. The van der Waals surface area contributed by atoms with E-state index in [1.54, 1.807) is 11.3 Å². The highest BCUT2D eigenvalue weighted by Gasteiger charge is 2.60. The molecule has 1 atom stereocenters. The average Bonchev–Trinajstić information content (AvgIpc) is 3.00. The van der Waals surface area contributed by atoms with Crippen molar-refractivity contribution < 1.29 is 4.79 Å². The highest BCUT2D eigenvalue weighted by atomic mass is 32.2. The first-order chi connectivity index (χ1) is 10.1. The van der Waals surface area contributed by atoms with Crippen LogP contribution < -0.4 is 5.32 Å². The summed E-state index contributed by atoms with van der Waals surface area (Å²) < 4.78 is 0.174. The van der Waals surface area contributed by atoms with Gasteiger partial charge >= 0.3 is 0 Å². The standard InChI is InChI=1S/C16H24N2OS2/c1-4-15(5-2,20-3)11-18-13(12-7-6-10-21-12)17-16(8-9-16)14(18)19/h6-7,10,13,17H,4-5,8-9,11H2,1-3H3. The van der Waals surface area contributed by atoms with Gasteiger partial charge in [0.05, 0.1) is 0 Å². The molecule has 2 aliphatic rings. The molecule has 1 aromatic heterocycles. The summed E-state index contributed by atoms with van der Waals surface area (Å²) in [5, 5.41) is 5.71. The lowest BCUT2D eigenvalue weighted by atomic mass is 10.0. The smallest absolute Gasteiger partial charge is 0.244 e. The summed E-state index contributed by atoms with van der Waals surface area (Å²) in [5.74, 6) is 0.321. The molecule has 1 aliphatic heterocycles. The summed E-state index contributed by atoms with van der Waals surface area (Å²) in [6, 6.07) is 4.21. The molecular formula is C16H24N2OS2. The highest BCUT2D eigenvalue weighted by molar-refractivity contribution is 8.00. The summed E-state index contributed by atoms with van der Waals surface area (Å²) in [5.41, 5.74) is -0.236. The largest absolute Gasteiger partial charge is 0.319 e. The Labute approximate surface area is 135 Å². The van der Waals surface area contributed by atoms with E-state index in [2.05, 4.69) is 47.8 Å². The molecule has 2 fully saturated rings. The van der Waals surface area contributed by atoms with Crippen LogP contribution in [0, 0.1) is 0 Å². The minimum Gasteiger partial charge on any atom is -0.319 e. The first-order valence-electron chi connectivity index (χ1n) is 7.77. The van der Waals surface area contributed by atoms with Crippen molar-refractivity contribution in [1.29, 1.82) is 0 Å². The lowest BCUT2D eigenvalue weighted by Crippen LogP contribution is -2.43. The minimum absolute atomic E-state index is 0.0737. The SMILES string of the molecule is CCC(CC)(CN1C(=O)C2(CC2)NC1c1cccs1)SC. The fourth-order valence-electron chi connectivity index (χ4n) is 3.25. The first-order valence-corrected chi connectivity index (χ1v) is 9.87. The third-order valence-corrected chi connectivity index (χ3v) is 7.64. The first kappa shape index (κ1) is 15.4. The van der Waals surface area contributed by atoms with Crippen LogP contribution in [0.4, 0.5) is 0 Å². The zero-order valence-corrected chi connectivity index (χ0v) is 14.6. The van der Waals surface area contributed by atoms with Crippen molar-refractivity contribution in [3.05, 3.63) is 22.4 Å². The van der Waals surface area contributed by atoms with E-state index < -0.39 is 0 Å². The van der Waals surface area contributed by atoms with Crippen molar-refractivity contribution >= 4 is 29.0 Å². The molecule has 1 saturated carbocycles. The van der Waals surface area contributed by atoms with Gasteiger partial charge in [0, 0.05) is 16.2 Å². The zero-order valence-electron chi connectivity index (χ0n) is 13.0. The van der Waals surface area contributed by atoms with Crippen molar-refractivity contribution in [2.24, 2.45) is 0 Å². The molecule has 2 heterocycles. The molecule has 21 heavy (non-hydrogen) atoms. The number of carbonyl (C=O) groups excluding carboxylic acids is 1. The Morgan fingerprint density at radius 1 is 1.48 bits per heavy atom. The number of rotatable bonds is 6. The summed E-state index contributed by atoms with van der Waals surface area (Å²) in [4.78, 5) is 16.3. The van der Waals surface area contributed by atoms with Gasteiger partial charge in [-0.15, -0.1) is 11.3 Å². The Hall–Kier alpha value is -0.520. The second kappa shape index (κ2) is 5.60. The molecule has 1 aliphatic carbocycles. The molecule has 0 aromatic carbocycles. The zero-order chi connectivity index (χ0) is 15.1. The van der Waals surface area contributed by atoms with E-state index in [0.717, 1.165) is 32.2 Å². The quantitative estimate of drug-likeness (QED) is 0.867. The van der Waals surface area contributed by atoms with Crippen LogP contribution in [0.25, 0.3) is 0 Å². The molecule has 3 rings (SSSR count). The van der Waals surface area contributed by atoms with Crippen LogP contribution in [-0.2, 0) is 4.79 Å². The molecular weight excluding hydrogens is 300 g/mol. The lowest BCUT2D eigenvalue weighted by Gasteiger charge is -2.36. The normalized spacial score (nSPS) is 24.0. The Morgan fingerprint density at radius 2 is 2.19 bits per heavy atom. The van der Waals surface area contributed by atoms with Gasteiger partial charge < -0.3 is 4.90 Å². The summed E-state index contributed by atoms with van der Waals surface area (Å²) in [7, 11) is 0. The highest BCUT2D eigenvalue weighted by Crippen LogP contribution is 2.48. The fourth-order valence-corrected chi connectivity index (χ4v) is 4.88. The van der Waals surface area contributed by atoms with Crippen LogP contribution in [0.1, 0.15) is 50.6 Å². The van der Waals surface area contributed by atoms with Gasteiger partial charge in [0.2, 0.25) is 5.91 Å². The number of thiophene rings is 1. The number of carbonyl (C=O) groups is 1. The molecule has 0 bridgehead atoms. The Kier molecular flexibility index (Phi) is 4.10. The maximum Gasteiger partial charge on any atom is 0.244 e. The predicted molar refractivity (Wildman–Crippen MR) is 90.7 cm³/mol. The summed E-state index contributed by atoms with van der Waals surface area (Å²) >= 11 is 3.65. The predicted octanol–water partition coefficient (Wildman–Crippen LogP) is 3.63. The average molecular weight is 325 g/mol. The second-order valence-electron chi connectivity index (χ2n) is 6.17. The van der Waals surface area contributed by atoms with E-state index >= 15 is 0 Å². The van der Waals surface area contributed by atoms with Gasteiger partial charge in [-0.25, -0.2) is 0 Å². The van der Waals surface area contributed by atoms with E-state index in [-0.39, 0.29) is 16.5 Å². The Bertz CT molecular complexity index is 498. The molecule has 3 nitrogen and oxygen atoms in total. The van der Waals surface area contributed by atoms with Crippen LogP contribution >= 0.6 is 23.1 Å². The van der Waals surface area contributed by atoms with Gasteiger partial charge in [0.25, 0.3) is 0 Å². The molecule has 1 unspecified atom stereocenters. The minimum atomic E-state index is -0.236. The number of nitrogens with one attached hydrogen (secondary N) is 1. The third kappa shape index (κ3) is 2.53. The number of hydrogen-bond donors (Lipinski definition) is 1. The second-order valence-corrected chi connectivity index (χ2v) is 8.43. The maximum absolute atomic E-state index is 12.9. The van der Waals surface area contributed by atoms with Gasteiger partial charge in [0.15, 0.2) is 0 Å². The Balaban J connectivity index is 1.88. The van der Waals surface area contributed by atoms with Gasteiger partial charge in [-0.1, -0.05) is 19.9 Å². The van der Waals surface area contributed by atoms with E-state index in [9.17, 15) is 4.79 Å². The lowest BCUT2D eigenvalue weighted by molar-refractivity contribution is -0.131. The number of nitrogens with zero attached hydrogens (tertiary/aromatic N) is 1. The van der Waals surface area contributed by atoms with Crippen molar-refractivity contribution in [2.75, 3.05) is 12.8 Å². The topological polar surface area (TPSA) is 32.3 Å². The van der Waals surface area contributed by atoms with Crippen molar-refractivity contribution in [3.63, 3.8) is 0 Å².